The second-order valence-electron chi connectivity index (χ2n) is 10.2. The highest BCUT2D eigenvalue weighted by Gasteiger charge is 2.50. The summed E-state index contributed by atoms with van der Waals surface area (Å²) < 4.78 is 5.64. The molecule has 7 nitrogen and oxygen atoms in total. The molecule has 3 amide bonds. The Kier molecular flexibility index (Phi) is 6.02. The third-order valence-electron chi connectivity index (χ3n) is 7.67. The molecule has 2 fully saturated rings. The topological polar surface area (TPSA) is 84.0 Å². The van der Waals surface area contributed by atoms with Crippen molar-refractivity contribution in [3.8, 4) is 5.75 Å². The van der Waals surface area contributed by atoms with E-state index in [1.165, 1.54) is 4.90 Å². The molecule has 0 saturated carbocycles. The van der Waals surface area contributed by atoms with E-state index < -0.39 is 11.9 Å². The minimum atomic E-state index is -0.574. The van der Waals surface area contributed by atoms with Crippen molar-refractivity contribution in [2.24, 2.45) is 23.7 Å². The second kappa shape index (κ2) is 9.04. The molecule has 36 heavy (non-hydrogen) atoms. The zero-order valence-corrected chi connectivity index (χ0v) is 21.0. The van der Waals surface area contributed by atoms with Crippen molar-refractivity contribution in [2.75, 3.05) is 16.3 Å². The van der Waals surface area contributed by atoms with Crippen LogP contribution in [0.15, 0.2) is 48.6 Å². The maximum absolute atomic E-state index is 13.1. The van der Waals surface area contributed by atoms with E-state index in [0.29, 0.717) is 23.4 Å². The second-order valence-corrected chi connectivity index (χ2v) is 10.2. The molecule has 1 aliphatic carbocycles. The first kappa shape index (κ1) is 24.0. The van der Waals surface area contributed by atoms with E-state index in [1.807, 2.05) is 51.1 Å². The number of aryl methyl sites for hydroxylation is 3. The van der Waals surface area contributed by atoms with Gasteiger partial charge in [-0.2, -0.15) is 0 Å². The molecule has 2 aromatic rings. The van der Waals surface area contributed by atoms with Crippen molar-refractivity contribution in [3.05, 3.63) is 65.2 Å². The fourth-order valence-corrected chi connectivity index (χ4v) is 5.84. The predicted octanol–water partition coefficient (Wildman–Crippen LogP) is 4.27. The van der Waals surface area contributed by atoms with Crippen LogP contribution >= 0.6 is 0 Å². The predicted molar refractivity (Wildman–Crippen MR) is 136 cm³/mol. The summed E-state index contributed by atoms with van der Waals surface area (Å²) >= 11 is 0. The first-order valence-corrected chi connectivity index (χ1v) is 12.4. The number of carbonyl (C=O) groups is 4. The Morgan fingerprint density at radius 3 is 2.36 bits per heavy atom. The van der Waals surface area contributed by atoms with Crippen LogP contribution in [-0.4, -0.2) is 30.2 Å². The SMILES string of the molecule is Cc1cc(OC(=O)[C@@H]2CC(=O)N(c3c(C)cccc3C)C2)ccc1N1C(=O)[C@H]2[C@@H](C)C=CC[C@H]2C1=O. The number of esters is 1. The van der Waals surface area contributed by atoms with Gasteiger partial charge in [-0.25, -0.2) is 4.90 Å². The summed E-state index contributed by atoms with van der Waals surface area (Å²) in [6.45, 7) is 7.93. The number of fused-ring (bicyclic) bond motifs is 1. The van der Waals surface area contributed by atoms with Crippen LogP contribution in [0.3, 0.4) is 0 Å². The molecule has 2 saturated heterocycles. The van der Waals surface area contributed by atoms with Gasteiger partial charge in [-0.05, 0) is 68.0 Å². The van der Waals surface area contributed by atoms with Crippen molar-refractivity contribution >= 4 is 35.1 Å². The van der Waals surface area contributed by atoms with Crippen molar-refractivity contribution in [1.82, 2.24) is 0 Å². The van der Waals surface area contributed by atoms with Crippen LogP contribution in [0.1, 0.15) is 36.5 Å². The Morgan fingerprint density at radius 1 is 0.972 bits per heavy atom. The molecule has 0 bridgehead atoms. The lowest BCUT2D eigenvalue weighted by Gasteiger charge is -2.22. The maximum Gasteiger partial charge on any atom is 0.316 e. The van der Waals surface area contributed by atoms with E-state index in [4.69, 9.17) is 4.74 Å². The average Bonchev–Trinajstić information content (AvgIpc) is 3.32. The molecule has 0 unspecified atom stereocenters. The van der Waals surface area contributed by atoms with Crippen LogP contribution in [0.2, 0.25) is 0 Å². The van der Waals surface area contributed by atoms with Crippen molar-refractivity contribution < 1.29 is 23.9 Å². The Hall–Kier alpha value is -3.74. The normalized spacial score (nSPS) is 25.5. The fraction of sp³-hybridized carbons (Fsp3) is 0.379. The molecule has 7 heteroatoms. The maximum atomic E-state index is 13.1. The van der Waals surface area contributed by atoms with Crippen LogP contribution < -0.4 is 14.5 Å². The molecule has 5 rings (SSSR count). The highest BCUT2D eigenvalue weighted by molar-refractivity contribution is 6.22. The van der Waals surface area contributed by atoms with Gasteiger partial charge in [-0.3, -0.25) is 19.2 Å². The van der Waals surface area contributed by atoms with E-state index in [-0.39, 0.29) is 48.4 Å². The highest BCUT2D eigenvalue weighted by Crippen LogP contribution is 2.41. The van der Waals surface area contributed by atoms with Crippen LogP contribution in [0.4, 0.5) is 11.4 Å². The largest absolute Gasteiger partial charge is 0.426 e. The molecule has 186 valence electrons. The molecular weight excluding hydrogens is 456 g/mol. The number of imide groups is 1. The Balaban J connectivity index is 1.30. The summed E-state index contributed by atoms with van der Waals surface area (Å²) in [5, 5.41) is 0. The van der Waals surface area contributed by atoms with Crippen LogP contribution in [0.25, 0.3) is 0 Å². The number of benzene rings is 2. The summed E-state index contributed by atoms with van der Waals surface area (Å²) in [4.78, 5) is 54.8. The smallest absolute Gasteiger partial charge is 0.316 e. The Bertz CT molecular complexity index is 1290. The van der Waals surface area contributed by atoms with Crippen molar-refractivity contribution in [1.29, 1.82) is 0 Å². The first-order chi connectivity index (χ1) is 17.2. The lowest BCUT2D eigenvalue weighted by atomic mass is 9.78. The number of rotatable bonds is 4. The van der Waals surface area contributed by atoms with Gasteiger partial charge in [0.25, 0.3) is 0 Å². The number of allylic oxidation sites excluding steroid dienone is 2. The van der Waals surface area contributed by atoms with E-state index in [0.717, 1.165) is 16.8 Å². The van der Waals surface area contributed by atoms with Gasteiger partial charge in [-0.15, -0.1) is 0 Å². The molecular formula is C29H30N2O5. The monoisotopic (exact) mass is 486 g/mol. The number of nitrogens with zero attached hydrogens (tertiary/aromatic N) is 2. The minimum Gasteiger partial charge on any atom is -0.426 e. The van der Waals surface area contributed by atoms with Gasteiger partial charge in [0.1, 0.15) is 5.75 Å². The minimum absolute atomic E-state index is 0.0166. The third-order valence-corrected chi connectivity index (χ3v) is 7.67. The molecule has 3 aliphatic rings. The molecule has 2 heterocycles. The summed E-state index contributed by atoms with van der Waals surface area (Å²) in [6.07, 6.45) is 4.64. The standard InChI is InChI=1S/C29H30N2O5/c1-16-7-6-10-22-25(16)28(34)31(27(22)33)23-12-11-21(13-19(23)4)36-29(35)20-14-24(32)30(15-20)26-17(2)8-5-9-18(26)3/h5-9,11-13,16,20,22,25H,10,14-15H2,1-4H3/t16-,20+,22+,25-/m0/s1. The highest BCUT2D eigenvalue weighted by atomic mass is 16.5. The van der Waals surface area contributed by atoms with Crippen LogP contribution in [-0.2, 0) is 19.2 Å². The summed E-state index contributed by atoms with van der Waals surface area (Å²) in [6, 6.07) is 10.8. The van der Waals surface area contributed by atoms with E-state index in [1.54, 1.807) is 30.0 Å². The Labute approximate surface area is 210 Å². The molecule has 0 radical (unpaired) electrons. The van der Waals surface area contributed by atoms with E-state index in [9.17, 15) is 19.2 Å². The lowest BCUT2D eigenvalue weighted by Crippen LogP contribution is -2.32. The van der Waals surface area contributed by atoms with Crippen LogP contribution in [0.5, 0.6) is 5.75 Å². The summed E-state index contributed by atoms with van der Waals surface area (Å²) in [7, 11) is 0. The molecule has 0 spiro atoms. The molecule has 4 atom stereocenters. The van der Waals surface area contributed by atoms with Gasteiger partial charge in [0, 0.05) is 18.7 Å². The van der Waals surface area contributed by atoms with E-state index in [2.05, 4.69) is 0 Å². The molecule has 2 aromatic carbocycles. The number of hydrogen-bond acceptors (Lipinski definition) is 5. The fourth-order valence-electron chi connectivity index (χ4n) is 5.84. The van der Waals surface area contributed by atoms with Crippen molar-refractivity contribution in [2.45, 2.75) is 40.5 Å². The van der Waals surface area contributed by atoms with Gasteiger partial charge in [-0.1, -0.05) is 37.3 Å². The zero-order valence-electron chi connectivity index (χ0n) is 21.0. The Morgan fingerprint density at radius 2 is 1.69 bits per heavy atom. The first-order valence-electron chi connectivity index (χ1n) is 12.4. The van der Waals surface area contributed by atoms with E-state index >= 15 is 0 Å². The summed E-state index contributed by atoms with van der Waals surface area (Å²) in [5.41, 5.74) is 4.01. The number of ether oxygens (including phenoxy) is 1. The van der Waals surface area contributed by atoms with Gasteiger partial charge < -0.3 is 9.64 Å². The quantitative estimate of drug-likeness (QED) is 0.279. The van der Waals surface area contributed by atoms with Gasteiger partial charge in [0.2, 0.25) is 17.7 Å². The molecule has 0 aromatic heterocycles. The molecule has 2 aliphatic heterocycles. The van der Waals surface area contributed by atoms with Gasteiger partial charge in [0.15, 0.2) is 0 Å². The number of amides is 3. The van der Waals surface area contributed by atoms with Crippen LogP contribution in [0, 0.1) is 44.4 Å². The van der Waals surface area contributed by atoms with Crippen molar-refractivity contribution in [3.63, 3.8) is 0 Å². The van der Waals surface area contributed by atoms with Gasteiger partial charge >= 0.3 is 5.97 Å². The lowest BCUT2D eigenvalue weighted by molar-refractivity contribution is -0.139. The number of para-hydroxylation sites is 1. The number of anilines is 2. The zero-order chi connectivity index (χ0) is 25.7. The summed E-state index contributed by atoms with van der Waals surface area (Å²) in [5.74, 6) is -1.81. The molecule has 0 N–H and O–H groups in total. The third kappa shape index (κ3) is 3.92. The number of hydrogen-bond donors (Lipinski definition) is 0. The average molecular weight is 487 g/mol. The van der Waals surface area contributed by atoms with Gasteiger partial charge in [0.05, 0.1) is 23.4 Å². The number of carbonyl (C=O) groups excluding carboxylic acids is 4.